The topological polar surface area (TPSA) is 57.6 Å². The largest absolute Gasteiger partial charge is 0.300 e. The van der Waals surface area contributed by atoms with Gasteiger partial charge in [0.1, 0.15) is 5.78 Å². The molecule has 0 saturated heterocycles. The van der Waals surface area contributed by atoms with Gasteiger partial charge in [0.25, 0.3) is 0 Å². The highest BCUT2D eigenvalue weighted by Crippen LogP contribution is 1.95. The maximum absolute atomic E-state index is 10.9. The van der Waals surface area contributed by atoms with Crippen molar-refractivity contribution in [3.63, 3.8) is 0 Å². The Hall–Kier alpha value is -0.900. The molecule has 0 aromatic carbocycles. The molecule has 0 bridgehead atoms. The highest BCUT2D eigenvalue weighted by Gasteiger charge is 2.09. The lowest BCUT2D eigenvalue weighted by molar-refractivity contribution is -0.165. The molecule has 0 atom stereocenters. The second-order valence-electron chi connectivity index (χ2n) is 2.72. The van der Waals surface area contributed by atoms with Crippen molar-refractivity contribution in [1.82, 2.24) is 5.06 Å². The van der Waals surface area contributed by atoms with Crippen molar-refractivity contribution in [3.8, 4) is 0 Å². The summed E-state index contributed by atoms with van der Waals surface area (Å²) in [6.45, 7) is 3.39. The van der Waals surface area contributed by atoms with E-state index in [0.29, 0.717) is 17.9 Å². The van der Waals surface area contributed by atoms with Crippen LogP contribution in [0.5, 0.6) is 0 Å². The van der Waals surface area contributed by atoms with Gasteiger partial charge in [-0.25, -0.2) is 5.06 Å². The number of rotatable bonds is 5. The van der Waals surface area contributed by atoms with Crippen molar-refractivity contribution >= 4 is 11.7 Å². The molecule has 0 heterocycles. The quantitative estimate of drug-likeness (QED) is 0.498. The van der Waals surface area contributed by atoms with Gasteiger partial charge >= 0.3 is 0 Å². The van der Waals surface area contributed by atoms with Crippen molar-refractivity contribution in [2.75, 3.05) is 6.54 Å². The number of hydroxylamine groups is 2. The molecule has 0 aliphatic carbocycles. The van der Waals surface area contributed by atoms with E-state index in [2.05, 4.69) is 0 Å². The first-order valence-corrected chi connectivity index (χ1v) is 4.06. The molecule has 1 N–H and O–H groups in total. The van der Waals surface area contributed by atoms with Gasteiger partial charge in [-0.15, -0.1) is 0 Å². The standard InChI is InChI=1S/C8H15NO3/c1-3-4-8(11)9(12)6-5-7(2)10/h12H,3-6H2,1-2H3. The van der Waals surface area contributed by atoms with E-state index < -0.39 is 0 Å². The zero-order valence-corrected chi connectivity index (χ0v) is 7.54. The van der Waals surface area contributed by atoms with Crippen LogP contribution in [0.3, 0.4) is 0 Å². The summed E-state index contributed by atoms with van der Waals surface area (Å²) < 4.78 is 0. The Morgan fingerprint density at radius 1 is 1.33 bits per heavy atom. The SMILES string of the molecule is CCCC(=O)N(O)CCC(C)=O. The molecular formula is C8H15NO3. The van der Waals surface area contributed by atoms with Crippen LogP contribution in [0.2, 0.25) is 0 Å². The summed E-state index contributed by atoms with van der Waals surface area (Å²) in [5.41, 5.74) is 0. The van der Waals surface area contributed by atoms with E-state index in [1.165, 1.54) is 6.92 Å². The third kappa shape index (κ3) is 4.85. The predicted octanol–water partition coefficient (Wildman–Crippen LogP) is 0.983. The molecule has 0 aromatic rings. The number of carbonyl (C=O) groups is 2. The van der Waals surface area contributed by atoms with Gasteiger partial charge in [0.15, 0.2) is 0 Å². The van der Waals surface area contributed by atoms with Crippen LogP contribution in [0.4, 0.5) is 0 Å². The highest BCUT2D eigenvalue weighted by atomic mass is 16.5. The van der Waals surface area contributed by atoms with E-state index in [-0.39, 0.29) is 24.7 Å². The summed E-state index contributed by atoms with van der Waals surface area (Å²) in [5.74, 6) is -0.350. The van der Waals surface area contributed by atoms with Crippen molar-refractivity contribution in [2.24, 2.45) is 0 Å². The molecule has 0 aliphatic heterocycles. The normalized spacial score (nSPS) is 9.58. The number of ketones is 1. The highest BCUT2D eigenvalue weighted by molar-refractivity contribution is 5.78. The number of Topliss-reactive ketones (excluding diaryl/α,β-unsaturated/α-hetero) is 1. The average Bonchev–Trinajstić information content (AvgIpc) is 2.00. The molecule has 0 spiro atoms. The van der Waals surface area contributed by atoms with Crippen LogP contribution in [0.15, 0.2) is 0 Å². The van der Waals surface area contributed by atoms with Crippen molar-refractivity contribution < 1.29 is 14.8 Å². The fourth-order valence-corrected chi connectivity index (χ4v) is 0.731. The first kappa shape index (κ1) is 11.1. The van der Waals surface area contributed by atoms with Crippen molar-refractivity contribution in [2.45, 2.75) is 33.1 Å². The van der Waals surface area contributed by atoms with Crippen molar-refractivity contribution in [3.05, 3.63) is 0 Å². The second kappa shape index (κ2) is 5.71. The van der Waals surface area contributed by atoms with Gasteiger partial charge in [-0.05, 0) is 13.3 Å². The monoisotopic (exact) mass is 173 g/mol. The second-order valence-corrected chi connectivity index (χ2v) is 2.72. The summed E-state index contributed by atoms with van der Waals surface area (Å²) >= 11 is 0. The van der Waals surface area contributed by atoms with Crippen LogP contribution < -0.4 is 0 Å². The van der Waals surface area contributed by atoms with Crippen LogP contribution in [0, 0.1) is 0 Å². The van der Waals surface area contributed by atoms with E-state index in [1.807, 2.05) is 6.92 Å². The third-order valence-electron chi connectivity index (χ3n) is 1.43. The molecule has 0 rings (SSSR count). The summed E-state index contributed by atoms with van der Waals surface area (Å²) in [4.78, 5) is 21.4. The Morgan fingerprint density at radius 3 is 2.33 bits per heavy atom. The molecule has 0 radical (unpaired) electrons. The molecule has 4 nitrogen and oxygen atoms in total. The van der Waals surface area contributed by atoms with Gasteiger partial charge in [0, 0.05) is 12.8 Å². The van der Waals surface area contributed by atoms with Gasteiger partial charge in [0.2, 0.25) is 5.91 Å². The van der Waals surface area contributed by atoms with Gasteiger partial charge in [-0.1, -0.05) is 6.92 Å². The Kier molecular flexibility index (Phi) is 5.28. The molecule has 0 aliphatic rings. The molecule has 0 saturated carbocycles. The maximum atomic E-state index is 10.9. The molecular weight excluding hydrogens is 158 g/mol. The number of hydrogen-bond donors (Lipinski definition) is 1. The lowest BCUT2D eigenvalue weighted by Crippen LogP contribution is -2.28. The lowest BCUT2D eigenvalue weighted by Gasteiger charge is -2.12. The number of nitrogens with zero attached hydrogens (tertiary/aromatic N) is 1. The Morgan fingerprint density at radius 2 is 1.92 bits per heavy atom. The number of hydrogen-bond acceptors (Lipinski definition) is 3. The van der Waals surface area contributed by atoms with Crippen LogP contribution in [-0.4, -0.2) is 28.5 Å². The Labute approximate surface area is 72.1 Å². The van der Waals surface area contributed by atoms with Gasteiger partial charge in [-0.3, -0.25) is 14.8 Å². The van der Waals surface area contributed by atoms with Crippen molar-refractivity contribution in [1.29, 1.82) is 0 Å². The number of amides is 1. The minimum Gasteiger partial charge on any atom is -0.300 e. The zero-order valence-electron chi connectivity index (χ0n) is 7.54. The smallest absolute Gasteiger partial charge is 0.245 e. The summed E-state index contributed by atoms with van der Waals surface area (Å²) in [7, 11) is 0. The van der Waals surface area contributed by atoms with Crippen LogP contribution in [0.1, 0.15) is 33.1 Å². The first-order valence-electron chi connectivity index (χ1n) is 4.06. The Balaban J connectivity index is 3.63. The van der Waals surface area contributed by atoms with Crippen LogP contribution >= 0.6 is 0 Å². The van der Waals surface area contributed by atoms with Gasteiger partial charge < -0.3 is 0 Å². The summed E-state index contributed by atoms with van der Waals surface area (Å²) in [5, 5.41) is 9.65. The average molecular weight is 173 g/mol. The maximum Gasteiger partial charge on any atom is 0.245 e. The van der Waals surface area contributed by atoms with Gasteiger partial charge in [-0.2, -0.15) is 0 Å². The fraction of sp³-hybridized carbons (Fsp3) is 0.750. The van der Waals surface area contributed by atoms with E-state index in [4.69, 9.17) is 5.21 Å². The molecule has 0 fully saturated rings. The minimum absolute atomic E-state index is 0.0293. The predicted molar refractivity (Wildman–Crippen MR) is 43.7 cm³/mol. The van der Waals surface area contributed by atoms with Crippen LogP contribution in [0.25, 0.3) is 0 Å². The zero-order chi connectivity index (χ0) is 9.56. The molecule has 70 valence electrons. The molecule has 0 aromatic heterocycles. The van der Waals surface area contributed by atoms with E-state index in [9.17, 15) is 9.59 Å². The Bertz CT molecular complexity index is 168. The van der Waals surface area contributed by atoms with E-state index in [0.717, 1.165) is 0 Å². The summed E-state index contributed by atoms with van der Waals surface area (Å²) in [6.07, 6.45) is 1.25. The molecule has 1 amide bonds. The van der Waals surface area contributed by atoms with Gasteiger partial charge in [0.05, 0.1) is 6.54 Å². The molecule has 0 unspecified atom stereocenters. The third-order valence-corrected chi connectivity index (χ3v) is 1.43. The molecule has 4 heteroatoms. The lowest BCUT2D eigenvalue weighted by atomic mass is 10.3. The van der Waals surface area contributed by atoms with E-state index in [1.54, 1.807) is 0 Å². The first-order chi connectivity index (χ1) is 5.57. The fourth-order valence-electron chi connectivity index (χ4n) is 0.731. The van der Waals surface area contributed by atoms with E-state index >= 15 is 0 Å². The van der Waals surface area contributed by atoms with Crippen LogP contribution in [-0.2, 0) is 9.59 Å². The minimum atomic E-state index is -0.321. The molecule has 12 heavy (non-hydrogen) atoms. The number of carbonyl (C=O) groups excluding carboxylic acids is 2. The summed E-state index contributed by atoms with van der Waals surface area (Å²) in [6, 6.07) is 0.